The van der Waals surface area contributed by atoms with Gasteiger partial charge in [0.2, 0.25) is 12.1 Å². The first kappa shape index (κ1) is 42.9. The molecule has 0 aliphatic carbocycles. The molecule has 17 nitrogen and oxygen atoms in total. The van der Waals surface area contributed by atoms with E-state index in [1.807, 2.05) is 26.0 Å². The number of rotatable bonds is 9. The van der Waals surface area contributed by atoms with Crippen LogP contribution in [0, 0.1) is 19.8 Å². The minimum Gasteiger partial charge on any atom is -0.489 e. The van der Waals surface area contributed by atoms with Crippen molar-refractivity contribution in [3.05, 3.63) is 58.9 Å². The summed E-state index contributed by atoms with van der Waals surface area (Å²) >= 11 is 0. The van der Waals surface area contributed by atoms with E-state index in [2.05, 4.69) is 9.82 Å². The maximum Gasteiger partial charge on any atom is 0.497 e. The van der Waals surface area contributed by atoms with Gasteiger partial charge in [0.05, 0.1) is 13.2 Å². The monoisotopic (exact) mass is 820 g/mol. The van der Waals surface area contributed by atoms with Crippen molar-refractivity contribution in [1.82, 2.24) is 25.7 Å². The maximum absolute atomic E-state index is 14.0. The Hall–Kier alpha value is -5.26. The summed E-state index contributed by atoms with van der Waals surface area (Å²) in [6.45, 7) is 1.53. The molecule has 312 valence electrons. The van der Waals surface area contributed by atoms with Gasteiger partial charge in [-0.1, -0.05) is 12.1 Å². The Kier molecular flexibility index (Phi) is 12.5. The molecule has 5 rings (SSSR count). The SMILES string of the molecule is Cc1cc(COc2ccc(C3(N)CCN(C(C(=O)NO)C4CC[N+](OC(=O)C(F)(F)F)([C@@H]5COCCN5C(=O)NOC(=O)C(F)(F)F)CC4)C3=O)cc2)cc(C)n1. The van der Waals surface area contributed by atoms with E-state index >= 15 is 0 Å². The number of nitrogens with one attached hydrogen (secondary N) is 2. The highest BCUT2D eigenvalue weighted by Gasteiger charge is 2.58. The first-order valence-electron chi connectivity index (χ1n) is 17.5. The first-order chi connectivity index (χ1) is 26.7. The van der Waals surface area contributed by atoms with Crippen LogP contribution in [0.4, 0.5) is 31.1 Å². The van der Waals surface area contributed by atoms with Crippen molar-refractivity contribution < 1.29 is 79.3 Å². The van der Waals surface area contributed by atoms with Gasteiger partial charge in [0.25, 0.3) is 5.91 Å². The summed E-state index contributed by atoms with van der Waals surface area (Å²) in [6, 6.07) is 7.29. The summed E-state index contributed by atoms with van der Waals surface area (Å²) in [4.78, 5) is 78.6. The largest absolute Gasteiger partial charge is 0.497 e. The Labute approximate surface area is 320 Å². The lowest BCUT2D eigenvalue weighted by atomic mass is 9.86. The molecule has 3 saturated heterocycles. The number of piperidine rings is 1. The third kappa shape index (κ3) is 9.48. The number of ether oxygens (including phenoxy) is 2. The number of amides is 4. The number of nitrogens with zero attached hydrogens (tertiary/aromatic N) is 4. The van der Waals surface area contributed by atoms with Crippen LogP contribution in [0.5, 0.6) is 5.75 Å². The molecule has 0 spiro atoms. The highest BCUT2D eigenvalue weighted by atomic mass is 19.4. The van der Waals surface area contributed by atoms with Crippen molar-refractivity contribution in [3.8, 4) is 5.75 Å². The summed E-state index contributed by atoms with van der Waals surface area (Å²) in [5.74, 6) is -7.60. The number of urea groups is 1. The number of pyridine rings is 1. The lowest BCUT2D eigenvalue weighted by Gasteiger charge is -2.49. The zero-order valence-electron chi connectivity index (χ0n) is 30.5. The Morgan fingerprint density at radius 2 is 1.63 bits per heavy atom. The van der Waals surface area contributed by atoms with Gasteiger partial charge in [0.15, 0.2) is 0 Å². The summed E-state index contributed by atoms with van der Waals surface area (Å²) in [6.07, 6.45) is -13.1. The number of benzene rings is 1. The van der Waals surface area contributed by atoms with Crippen LogP contribution in [0.1, 0.15) is 41.8 Å². The van der Waals surface area contributed by atoms with Crippen LogP contribution in [0.25, 0.3) is 0 Å². The normalized spacial score (nSPS) is 24.7. The predicted molar refractivity (Wildman–Crippen MR) is 177 cm³/mol. The molecule has 2 unspecified atom stereocenters. The highest BCUT2D eigenvalue weighted by molar-refractivity contribution is 5.94. The molecule has 1 aromatic carbocycles. The molecule has 0 bridgehead atoms. The predicted octanol–water partition coefficient (Wildman–Crippen LogP) is 2.17. The van der Waals surface area contributed by atoms with Crippen LogP contribution in [0.2, 0.25) is 0 Å². The molecule has 3 fully saturated rings. The van der Waals surface area contributed by atoms with E-state index in [0.717, 1.165) is 21.9 Å². The minimum atomic E-state index is -5.53. The van der Waals surface area contributed by atoms with Gasteiger partial charge in [-0.25, -0.2) is 19.9 Å². The second kappa shape index (κ2) is 16.7. The number of halogens is 6. The van der Waals surface area contributed by atoms with Crippen molar-refractivity contribution in [1.29, 1.82) is 0 Å². The third-order valence-corrected chi connectivity index (χ3v) is 10.1. The number of aromatic nitrogens is 1. The van der Waals surface area contributed by atoms with E-state index in [0.29, 0.717) is 16.2 Å². The highest BCUT2D eigenvalue weighted by Crippen LogP contribution is 2.39. The fourth-order valence-corrected chi connectivity index (χ4v) is 7.42. The average molecular weight is 821 g/mol. The van der Waals surface area contributed by atoms with Crippen molar-refractivity contribution >= 4 is 29.8 Å². The molecular weight excluding hydrogens is 780 g/mol. The van der Waals surface area contributed by atoms with Gasteiger partial charge in [0, 0.05) is 30.8 Å². The second-order valence-electron chi connectivity index (χ2n) is 13.9. The molecule has 3 atom stereocenters. The number of alkyl halides is 6. The Morgan fingerprint density at radius 3 is 2.21 bits per heavy atom. The average Bonchev–Trinajstić information content (AvgIpc) is 3.46. The number of aryl methyl sites for hydroxylation is 2. The molecule has 0 saturated carbocycles. The lowest BCUT2D eigenvalue weighted by molar-refractivity contribution is -1.12. The molecule has 3 aliphatic rings. The second-order valence-corrected chi connectivity index (χ2v) is 13.9. The Bertz CT molecular complexity index is 1820. The zero-order chi connectivity index (χ0) is 41.9. The summed E-state index contributed by atoms with van der Waals surface area (Å²) < 4.78 is 88.7. The number of hydrogen-bond donors (Lipinski definition) is 4. The molecular formula is C34H40F6N7O10+. The van der Waals surface area contributed by atoms with Crippen LogP contribution in [-0.2, 0) is 45.7 Å². The van der Waals surface area contributed by atoms with E-state index < -0.39 is 96.7 Å². The van der Waals surface area contributed by atoms with Crippen LogP contribution in [0.3, 0.4) is 0 Å². The van der Waals surface area contributed by atoms with E-state index in [4.69, 9.17) is 20.0 Å². The van der Waals surface area contributed by atoms with Gasteiger partial charge in [-0.3, -0.25) is 29.5 Å². The zero-order valence-corrected chi connectivity index (χ0v) is 30.5. The van der Waals surface area contributed by atoms with Crippen LogP contribution in [-0.4, -0.2) is 118 Å². The van der Waals surface area contributed by atoms with E-state index in [1.54, 1.807) is 24.3 Å². The fraction of sp³-hybridized carbons (Fsp3) is 0.529. The quantitative estimate of drug-likeness (QED) is 0.124. The third-order valence-electron chi connectivity index (χ3n) is 10.1. The van der Waals surface area contributed by atoms with Crippen molar-refractivity contribution in [3.63, 3.8) is 0 Å². The van der Waals surface area contributed by atoms with Gasteiger partial charge in [-0.15, -0.1) is 4.65 Å². The van der Waals surface area contributed by atoms with Gasteiger partial charge < -0.3 is 24.9 Å². The number of morpholine rings is 1. The Balaban J connectivity index is 1.33. The van der Waals surface area contributed by atoms with E-state index in [9.17, 15) is 55.5 Å². The van der Waals surface area contributed by atoms with Gasteiger partial charge in [0.1, 0.15) is 43.6 Å². The van der Waals surface area contributed by atoms with Crippen molar-refractivity contribution in [2.75, 3.05) is 39.4 Å². The first-order valence-corrected chi connectivity index (χ1v) is 17.5. The number of nitrogens with two attached hydrogens (primary N) is 1. The molecule has 23 heteroatoms. The lowest BCUT2D eigenvalue weighted by Crippen LogP contribution is -2.71. The standard InChI is InChI=1S/C34H39F6N7O10/c1-19-15-21(16-20(2)42-19)17-55-24-5-3-23(4-6-24)32(41)9-10-46(28(32)49)26(27(48)43-53)22-7-12-47(13-8-22,57-30(51)34(38,39)40)25-18-54-14-11-45(25)31(52)44-56-29(50)33(35,36)37/h3-6,15-16,22,25-26H,7-14,17-18,41H2,1-2H3,(H2-,43,44,48,52,53)/p+1/t22?,25-,26?,32?,47?/m1/s1. The summed E-state index contributed by atoms with van der Waals surface area (Å²) in [5.41, 5.74) is 10.8. The molecule has 3 aliphatic heterocycles. The Morgan fingerprint density at radius 1 is 1.02 bits per heavy atom. The van der Waals surface area contributed by atoms with Gasteiger partial charge >= 0.3 is 30.3 Å². The molecule has 57 heavy (non-hydrogen) atoms. The molecule has 1 aromatic heterocycles. The number of hydrogen-bond acceptors (Lipinski definition) is 12. The molecule has 4 amide bonds. The molecule has 0 radical (unpaired) electrons. The van der Waals surface area contributed by atoms with Crippen molar-refractivity contribution in [2.45, 2.75) is 69.8 Å². The van der Waals surface area contributed by atoms with E-state index in [1.165, 1.54) is 11.0 Å². The summed E-state index contributed by atoms with van der Waals surface area (Å²) in [5, 5.41) is 9.72. The number of carbonyl (C=O) groups excluding carboxylic acids is 5. The minimum absolute atomic E-state index is 0.0229. The number of carbonyl (C=O) groups is 5. The van der Waals surface area contributed by atoms with Gasteiger partial charge in [-0.05, 0) is 61.6 Å². The van der Waals surface area contributed by atoms with Crippen molar-refractivity contribution in [2.24, 2.45) is 11.7 Å². The maximum atomic E-state index is 14.0. The van der Waals surface area contributed by atoms with E-state index in [-0.39, 0.29) is 39.0 Å². The number of hydroxylamine groups is 5. The molecule has 4 heterocycles. The van der Waals surface area contributed by atoms with Crippen LogP contribution < -0.4 is 21.4 Å². The van der Waals surface area contributed by atoms with Crippen LogP contribution in [0.15, 0.2) is 36.4 Å². The fourth-order valence-electron chi connectivity index (χ4n) is 7.42. The van der Waals surface area contributed by atoms with Crippen LogP contribution >= 0.6 is 0 Å². The number of likely N-dealkylation sites (tertiary alicyclic amines) is 2. The topological polar surface area (TPSA) is 212 Å². The summed E-state index contributed by atoms with van der Waals surface area (Å²) in [7, 11) is 0. The van der Waals surface area contributed by atoms with Gasteiger partial charge in [-0.2, -0.15) is 31.8 Å². The number of quaternary nitrogens is 1. The smallest absolute Gasteiger partial charge is 0.489 e. The molecule has 2 aromatic rings. The molecule has 5 N–H and O–H groups in total.